The zero-order valence-corrected chi connectivity index (χ0v) is 16.1. The Labute approximate surface area is 159 Å². The molecule has 26 heavy (non-hydrogen) atoms. The van der Waals surface area contributed by atoms with Crippen molar-refractivity contribution in [3.05, 3.63) is 64.7 Å². The van der Waals surface area contributed by atoms with Crippen molar-refractivity contribution in [1.29, 1.82) is 0 Å². The monoisotopic (exact) mass is 373 g/mol. The molecule has 5 heteroatoms. The van der Waals surface area contributed by atoms with E-state index in [4.69, 9.17) is 16.3 Å². The molecule has 4 N–H and O–H groups in total. The standard InChI is InChI=1S/C21H25ClN2O2/c1-4-26-16-8-5-14(6-9-16)18-12-19(24-21(23-18)13(2)3)17-11-15(22)7-10-20(17)25/h5-13,19,21,23-25H,4H2,1-3H3/p+1. The second-order valence-corrected chi connectivity index (χ2v) is 7.31. The second kappa shape index (κ2) is 8.02. The van der Waals surface area contributed by atoms with Crippen LogP contribution in [0.5, 0.6) is 11.5 Å². The maximum Gasteiger partial charge on any atom is 0.162 e. The lowest BCUT2D eigenvalue weighted by molar-refractivity contribution is -0.729. The summed E-state index contributed by atoms with van der Waals surface area (Å²) in [5.41, 5.74) is 2.98. The zero-order chi connectivity index (χ0) is 18.7. The van der Waals surface area contributed by atoms with Crippen LogP contribution in [0.25, 0.3) is 5.70 Å². The molecule has 2 atom stereocenters. The molecule has 1 heterocycles. The number of benzene rings is 2. The fraction of sp³-hybridized carbons (Fsp3) is 0.333. The van der Waals surface area contributed by atoms with Crippen LogP contribution in [0.2, 0.25) is 5.02 Å². The Morgan fingerprint density at radius 2 is 1.92 bits per heavy atom. The SMILES string of the molecule is CCOc1ccc(C2=CC(c3cc(Cl)ccc3O)[NH2+]C(C(C)C)N2)cc1. The van der Waals surface area contributed by atoms with Crippen molar-refractivity contribution in [3.63, 3.8) is 0 Å². The number of quaternary nitrogens is 1. The molecule has 2 aromatic carbocycles. The van der Waals surface area contributed by atoms with Gasteiger partial charge in [-0.1, -0.05) is 25.4 Å². The van der Waals surface area contributed by atoms with Gasteiger partial charge in [0.15, 0.2) is 6.17 Å². The van der Waals surface area contributed by atoms with E-state index in [0.29, 0.717) is 17.5 Å². The predicted molar refractivity (Wildman–Crippen MR) is 105 cm³/mol. The van der Waals surface area contributed by atoms with Crippen LogP contribution in [-0.4, -0.2) is 17.9 Å². The summed E-state index contributed by atoms with van der Waals surface area (Å²) in [6, 6.07) is 13.3. The number of phenolic OH excluding ortho intramolecular Hbond substituents is 1. The number of nitrogens with one attached hydrogen (secondary N) is 1. The molecule has 1 aliphatic heterocycles. The lowest BCUT2D eigenvalue weighted by atomic mass is 9.97. The van der Waals surface area contributed by atoms with Gasteiger partial charge < -0.3 is 20.5 Å². The van der Waals surface area contributed by atoms with Gasteiger partial charge in [0, 0.05) is 22.7 Å². The molecular weight excluding hydrogens is 348 g/mol. The highest BCUT2D eigenvalue weighted by atomic mass is 35.5. The van der Waals surface area contributed by atoms with Crippen LogP contribution in [0, 0.1) is 5.92 Å². The fourth-order valence-corrected chi connectivity index (χ4v) is 3.37. The number of aromatic hydroxyl groups is 1. The van der Waals surface area contributed by atoms with Crippen LogP contribution in [0.3, 0.4) is 0 Å². The number of ether oxygens (including phenoxy) is 1. The minimum atomic E-state index is -0.0103. The molecule has 2 aromatic rings. The highest BCUT2D eigenvalue weighted by Gasteiger charge is 2.30. The normalized spacial score (nSPS) is 19.8. The lowest BCUT2D eigenvalue weighted by Crippen LogP contribution is -2.96. The largest absolute Gasteiger partial charge is 0.507 e. The third-order valence-corrected chi connectivity index (χ3v) is 4.86. The highest BCUT2D eigenvalue weighted by Crippen LogP contribution is 2.30. The van der Waals surface area contributed by atoms with Gasteiger partial charge in [0.25, 0.3) is 0 Å². The summed E-state index contributed by atoms with van der Waals surface area (Å²) in [5, 5.41) is 16.8. The van der Waals surface area contributed by atoms with E-state index in [-0.39, 0.29) is 18.0 Å². The van der Waals surface area contributed by atoms with E-state index >= 15 is 0 Å². The predicted octanol–water partition coefficient (Wildman–Crippen LogP) is 3.68. The highest BCUT2D eigenvalue weighted by molar-refractivity contribution is 6.30. The Bertz CT molecular complexity index is 787. The van der Waals surface area contributed by atoms with Gasteiger partial charge in [-0.15, -0.1) is 0 Å². The molecule has 2 unspecified atom stereocenters. The van der Waals surface area contributed by atoms with Gasteiger partial charge in [-0.05, 0) is 55.0 Å². The summed E-state index contributed by atoms with van der Waals surface area (Å²) in [6.45, 7) is 7.00. The van der Waals surface area contributed by atoms with Crippen LogP contribution >= 0.6 is 11.6 Å². The fourth-order valence-electron chi connectivity index (χ4n) is 3.19. The molecule has 4 nitrogen and oxygen atoms in total. The van der Waals surface area contributed by atoms with Crippen LogP contribution in [0.15, 0.2) is 48.5 Å². The Morgan fingerprint density at radius 3 is 2.58 bits per heavy atom. The molecule has 1 aliphatic rings. The molecule has 0 amide bonds. The number of hydrogen-bond donors (Lipinski definition) is 3. The van der Waals surface area contributed by atoms with Crippen molar-refractivity contribution >= 4 is 17.3 Å². The van der Waals surface area contributed by atoms with Crippen molar-refractivity contribution in [3.8, 4) is 11.5 Å². The minimum Gasteiger partial charge on any atom is -0.507 e. The van der Waals surface area contributed by atoms with Crippen molar-refractivity contribution in [2.75, 3.05) is 6.61 Å². The molecule has 0 spiro atoms. The first-order valence-corrected chi connectivity index (χ1v) is 9.40. The molecule has 0 bridgehead atoms. The summed E-state index contributed by atoms with van der Waals surface area (Å²) >= 11 is 6.16. The molecule has 0 saturated carbocycles. The Morgan fingerprint density at radius 1 is 1.19 bits per heavy atom. The number of phenols is 1. The number of halogens is 1. The van der Waals surface area contributed by atoms with Crippen LogP contribution in [0.1, 0.15) is 37.9 Å². The molecule has 0 aliphatic carbocycles. The Balaban J connectivity index is 1.96. The van der Waals surface area contributed by atoms with E-state index in [1.807, 2.05) is 25.1 Å². The maximum absolute atomic E-state index is 10.3. The molecule has 0 fully saturated rings. The van der Waals surface area contributed by atoms with Gasteiger partial charge in [-0.25, -0.2) is 0 Å². The first-order valence-electron chi connectivity index (χ1n) is 9.03. The van der Waals surface area contributed by atoms with Crippen molar-refractivity contribution in [2.24, 2.45) is 5.92 Å². The molecule has 138 valence electrons. The van der Waals surface area contributed by atoms with Crippen LogP contribution in [0.4, 0.5) is 0 Å². The topological polar surface area (TPSA) is 58.1 Å². The first kappa shape index (κ1) is 18.6. The van der Waals surface area contributed by atoms with E-state index in [0.717, 1.165) is 22.6 Å². The van der Waals surface area contributed by atoms with Gasteiger partial charge >= 0.3 is 0 Å². The Hall–Kier alpha value is -2.17. The summed E-state index contributed by atoms with van der Waals surface area (Å²) < 4.78 is 5.53. The molecule has 0 aromatic heterocycles. The van der Waals surface area contributed by atoms with E-state index in [1.54, 1.807) is 12.1 Å². The van der Waals surface area contributed by atoms with Crippen LogP contribution in [-0.2, 0) is 0 Å². The summed E-state index contributed by atoms with van der Waals surface area (Å²) in [7, 11) is 0. The Kier molecular flexibility index (Phi) is 5.74. The molecule has 3 rings (SSSR count). The summed E-state index contributed by atoms with van der Waals surface area (Å²) in [6.07, 6.45) is 2.34. The zero-order valence-electron chi connectivity index (χ0n) is 15.4. The van der Waals surface area contributed by atoms with E-state index < -0.39 is 0 Å². The van der Waals surface area contributed by atoms with Gasteiger partial charge in [-0.2, -0.15) is 0 Å². The lowest BCUT2D eigenvalue weighted by Gasteiger charge is -2.32. The number of nitrogens with two attached hydrogens (primary N) is 1. The summed E-state index contributed by atoms with van der Waals surface area (Å²) in [4.78, 5) is 0. The van der Waals surface area contributed by atoms with E-state index in [9.17, 15) is 5.11 Å². The second-order valence-electron chi connectivity index (χ2n) is 6.87. The molecule has 0 radical (unpaired) electrons. The average Bonchev–Trinajstić information content (AvgIpc) is 2.64. The van der Waals surface area contributed by atoms with Crippen LogP contribution < -0.4 is 15.4 Å². The third-order valence-electron chi connectivity index (χ3n) is 4.63. The van der Waals surface area contributed by atoms with E-state index in [1.165, 1.54) is 0 Å². The average molecular weight is 374 g/mol. The molecule has 0 saturated heterocycles. The number of hydrogen-bond acceptors (Lipinski definition) is 3. The molecular formula is C21H26ClN2O2+. The first-order chi connectivity index (χ1) is 12.5. The van der Waals surface area contributed by atoms with E-state index in [2.05, 4.69) is 42.7 Å². The van der Waals surface area contributed by atoms with Crippen molar-refractivity contribution in [2.45, 2.75) is 33.0 Å². The quantitative estimate of drug-likeness (QED) is 0.749. The maximum atomic E-state index is 10.3. The minimum absolute atomic E-state index is 0.0103. The van der Waals surface area contributed by atoms with Gasteiger partial charge in [-0.3, -0.25) is 0 Å². The van der Waals surface area contributed by atoms with Gasteiger partial charge in [0.2, 0.25) is 0 Å². The summed E-state index contributed by atoms with van der Waals surface area (Å²) in [5.74, 6) is 1.55. The van der Waals surface area contributed by atoms with Gasteiger partial charge in [0.05, 0.1) is 12.2 Å². The smallest absolute Gasteiger partial charge is 0.162 e. The van der Waals surface area contributed by atoms with Gasteiger partial charge in [0.1, 0.15) is 17.5 Å². The van der Waals surface area contributed by atoms with Crippen molar-refractivity contribution < 1.29 is 15.2 Å². The van der Waals surface area contributed by atoms with Crippen molar-refractivity contribution in [1.82, 2.24) is 5.32 Å². The number of rotatable bonds is 5. The third kappa shape index (κ3) is 4.14.